The van der Waals surface area contributed by atoms with Crippen molar-refractivity contribution in [2.45, 2.75) is 29.7 Å². The number of thioether (sulfide) groups is 1. The monoisotopic (exact) mass is 632 g/mol. The number of halogens is 1. The van der Waals surface area contributed by atoms with E-state index in [0.29, 0.717) is 21.8 Å². The van der Waals surface area contributed by atoms with Crippen molar-refractivity contribution in [1.82, 2.24) is 4.90 Å². The molecule has 4 aromatic carbocycles. The van der Waals surface area contributed by atoms with Crippen molar-refractivity contribution in [3.05, 3.63) is 148 Å². The molecule has 224 valence electrons. The number of benzene rings is 4. The van der Waals surface area contributed by atoms with Gasteiger partial charge in [0.05, 0.1) is 5.56 Å². The summed E-state index contributed by atoms with van der Waals surface area (Å²) in [5, 5.41) is 16.0. The fraction of sp³-hybridized carbons (Fsp3) is 0.139. The second-order valence-corrected chi connectivity index (χ2v) is 12.9. The quantitative estimate of drug-likeness (QED) is 0.161. The Morgan fingerprint density at radius 1 is 0.933 bits per heavy atom. The molecule has 0 bridgehead atoms. The Labute approximate surface area is 269 Å². The zero-order valence-electron chi connectivity index (χ0n) is 24.2. The molecule has 1 aromatic heterocycles. The molecule has 0 spiro atoms. The van der Waals surface area contributed by atoms with Gasteiger partial charge in [-0.3, -0.25) is 14.5 Å². The first kappa shape index (κ1) is 30.3. The van der Waals surface area contributed by atoms with Gasteiger partial charge < -0.3 is 10.6 Å². The summed E-state index contributed by atoms with van der Waals surface area (Å²) >= 11 is 2.84. The van der Waals surface area contributed by atoms with Crippen LogP contribution in [0.15, 0.2) is 114 Å². The molecule has 1 unspecified atom stereocenters. The van der Waals surface area contributed by atoms with Gasteiger partial charge in [0, 0.05) is 40.7 Å². The third-order valence-electron chi connectivity index (χ3n) is 7.53. The minimum Gasteiger partial charge on any atom is -0.322 e. The highest BCUT2D eigenvalue weighted by atomic mass is 32.2. The third kappa shape index (κ3) is 7.32. The van der Waals surface area contributed by atoms with Crippen LogP contribution < -0.4 is 10.6 Å². The number of fused-ring (bicyclic) bond motifs is 1. The molecule has 2 N–H and O–H groups in total. The van der Waals surface area contributed by atoms with Crippen LogP contribution in [-0.4, -0.2) is 23.3 Å². The summed E-state index contributed by atoms with van der Waals surface area (Å²) in [5.74, 6) is -1.00. The second kappa shape index (κ2) is 13.9. The van der Waals surface area contributed by atoms with Crippen molar-refractivity contribution in [2.24, 2.45) is 0 Å². The highest BCUT2D eigenvalue weighted by molar-refractivity contribution is 8.00. The summed E-state index contributed by atoms with van der Waals surface area (Å²) in [6, 6.07) is 34.8. The Kier molecular flexibility index (Phi) is 9.36. The molecular formula is C36H29FN4O2S2. The molecule has 1 aliphatic rings. The molecule has 1 atom stereocenters. The smallest absolute Gasteiger partial charge is 0.255 e. The average molecular weight is 633 g/mol. The number of anilines is 2. The zero-order valence-corrected chi connectivity index (χ0v) is 25.8. The molecule has 2 heterocycles. The molecule has 6 rings (SSSR count). The number of thiophene rings is 1. The highest BCUT2D eigenvalue weighted by Gasteiger charge is 2.28. The van der Waals surface area contributed by atoms with Crippen molar-refractivity contribution in [3.63, 3.8) is 0 Å². The summed E-state index contributed by atoms with van der Waals surface area (Å²) in [6.07, 6.45) is 0.755. The maximum atomic E-state index is 13.9. The van der Waals surface area contributed by atoms with Crippen LogP contribution in [0.5, 0.6) is 0 Å². The maximum Gasteiger partial charge on any atom is 0.255 e. The molecule has 9 heteroatoms. The molecule has 0 saturated carbocycles. The fourth-order valence-corrected chi connectivity index (χ4v) is 7.63. The van der Waals surface area contributed by atoms with Crippen LogP contribution in [-0.2, 0) is 24.3 Å². The van der Waals surface area contributed by atoms with E-state index in [-0.39, 0.29) is 11.8 Å². The standard InChI is InChI=1S/C36H29FN4O2S2/c37-27-16-14-26(15-17-27)34(42)39-28-12-7-13-29(20-28)44-33(25-10-5-2-6-11-25)35(43)40-36-31(21-38)30-18-19-41(23-32(30)45-36)22-24-8-3-1-4-9-24/h1-17,20,33H,18-19,22-23H2,(H,39,42)(H,40,43). The number of rotatable bonds is 9. The molecule has 0 aliphatic carbocycles. The van der Waals surface area contributed by atoms with Gasteiger partial charge >= 0.3 is 0 Å². The number of nitrogens with one attached hydrogen (secondary N) is 2. The Hall–Kier alpha value is -4.75. The van der Waals surface area contributed by atoms with Crippen LogP contribution in [0.1, 0.15) is 42.7 Å². The lowest BCUT2D eigenvalue weighted by molar-refractivity contribution is -0.115. The normalized spacial score (nSPS) is 13.3. The minimum absolute atomic E-state index is 0.233. The SMILES string of the molecule is N#Cc1c(NC(=O)C(Sc2cccc(NC(=O)c3ccc(F)cc3)c2)c2ccccc2)sc2c1CCN(Cc1ccccc1)C2. The number of carbonyl (C=O) groups is 2. The Morgan fingerprint density at radius 2 is 1.67 bits per heavy atom. The van der Waals surface area contributed by atoms with Crippen LogP contribution in [0.4, 0.5) is 15.1 Å². The summed E-state index contributed by atoms with van der Waals surface area (Å²) in [7, 11) is 0. The largest absolute Gasteiger partial charge is 0.322 e. The predicted molar refractivity (Wildman–Crippen MR) is 178 cm³/mol. The topological polar surface area (TPSA) is 85.2 Å². The summed E-state index contributed by atoms with van der Waals surface area (Å²) in [5.41, 5.74) is 4.52. The summed E-state index contributed by atoms with van der Waals surface area (Å²) in [6.45, 7) is 2.40. The van der Waals surface area contributed by atoms with E-state index in [1.165, 1.54) is 52.9 Å². The number of amides is 2. The molecular weight excluding hydrogens is 604 g/mol. The van der Waals surface area contributed by atoms with Crippen molar-refractivity contribution >= 4 is 45.6 Å². The van der Waals surface area contributed by atoms with Crippen LogP contribution in [0.3, 0.4) is 0 Å². The summed E-state index contributed by atoms with van der Waals surface area (Å²) in [4.78, 5) is 30.9. The number of nitriles is 1. The third-order valence-corrected chi connectivity index (χ3v) is 9.91. The van der Waals surface area contributed by atoms with Gasteiger partial charge in [-0.25, -0.2) is 4.39 Å². The predicted octanol–water partition coefficient (Wildman–Crippen LogP) is 8.04. The Morgan fingerprint density at radius 3 is 2.40 bits per heavy atom. The van der Waals surface area contributed by atoms with Gasteiger partial charge in [-0.2, -0.15) is 5.26 Å². The number of hydrogen-bond donors (Lipinski definition) is 2. The molecule has 0 fully saturated rings. The lowest BCUT2D eigenvalue weighted by atomic mass is 10.0. The first-order chi connectivity index (χ1) is 22.0. The summed E-state index contributed by atoms with van der Waals surface area (Å²) < 4.78 is 13.3. The van der Waals surface area contributed by atoms with E-state index in [1.807, 2.05) is 60.7 Å². The van der Waals surface area contributed by atoms with Gasteiger partial charge in [-0.15, -0.1) is 23.1 Å². The second-order valence-electron chi connectivity index (χ2n) is 10.7. The Bertz CT molecular complexity index is 1850. The lowest BCUT2D eigenvalue weighted by Gasteiger charge is -2.26. The van der Waals surface area contributed by atoms with Gasteiger partial charge in [-0.1, -0.05) is 66.7 Å². The molecule has 1 aliphatic heterocycles. The van der Waals surface area contributed by atoms with Crippen LogP contribution in [0.25, 0.3) is 0 Å². The van der Waals surface area contributed by atoms with Crippen LogP contribution in [0, 0.1) is 17.1 Å². The number of hydrogen-bond acceptors (Lipinski definition) is 6. The average Bonchev–Trinajstić information content (AvgIpc) is 3.40. The molecule has 45 heavy (non-hydrogen) atoms. The van der Waals surface area contributed by atoms with E-state index < -0.39 is 11.1 Å². The van der Waals surface area contributed by atoms with E-state index in [1.54, 1.807) is 12.1 Å². The van der Waals surface area contributed by atoms with E-state index in [2.05, 4.69) is 33.7 Å². The van der Waals surface area contributed by atoms with Gasteiger partial charge in [-0.05, 0) is 65.6 Å². The fourth-order valence-electron chi connectivity index (χ4n) is 5.31. The van der Waals surface area contributed by atoms with Crippen LogP contribution >= 0.6 is 23.1 Å². The first-order valence-corrected chi connectivity index (χ1v) is 16.2. The van der Waals surface area contributed by atoms with Gasteiger partial charge in [0.25, 0.3) is 5.91 Å². The van der Waals surface area contributed by atoms with Crippen molar-refractivity contribution in [2.75, 3.05) is 17.2 Å². The highest BCUT2D eigenvalue weighted by Crippen LogP contribution is 2.41. The van der Waals surface area contributed by atoms with Gasteiger partial charge in [0.15, 0.2) is 0 Å². The Balaban J connectivity index is 1.20. The minimum atomic E-state index is -0.616. The lowest BCUT2D eigenvalue weighted by Crippen LogP contribution is -2.29. The molecule has 0 radical (unpaired) electrons. The number of carbonyl (C=O) groups excluding carboxylic acids is 2. The first-order valence-electron chi connectivity index (χ1n) is 14.5. The van der Waals surface area contributed by atoms with Crippen molar-refractivity contribution < 1.29 is 14.0 Å². The molecule has 6 nitrogen and oxygen atoms in total. The van der Waals surface area contributed by atoms with Crippen LogP contribution in [0.2, 0.25) is 0 Å². The number of nitrogens with zero attached hydrogens (tertiary/aromatic N) is 2. The van der Waals surface area contributed by atoms with E-state index >= 15 is 0 Å². The van der Waals surface area contributed by atoms with Gasteiger partial charge in [0.2, 0.25) is 5.91 Å². The molecule has 2 amide bonds. The van der Waals surface area contributed by atoms with Crippen molar-refractivity contribution in [1.29, 1.82) is 5.26 Å². The van der Waals surface area contributed by atoms with Crippen molar-refractivity contribution in [3.8, 4) is 6.07 Å². The van der Waals surface area contributed by atoms with Gasteiger partial charge in [0.1, 0.15) is 22.1 Å². The maximum absolute atomic E-state index is 13.9. The molecule has 5 aromatic rings. The van der Waals surface area contributed by atoms with E-state index in [0.717, 1.165) is 47.0 Å². The van der Waals surface area contributed by atoms with E-state index in [9.17, 15) is 19.2 Å². The van der Waals surface area contributed by atoms with E-state index in [4.69, 9.17) is 0 Å². The molecule has 0 saturated heterocycles. The zero-order chi connectivity index (χ0) is 31.2.